The first-order valence-corrected chi connectivity index (χ1v) is 6.97. The lowest BCUT2D eigenvalue weighted by Crippen LogP contribution is -2.08. The molecule has 3 heterocycles. The van der Waals surface area contributed by atoms with Gasteiger partial charge in [-0.05, 0) is 23.0 Å². The average Bonchev–Trinajstić information content (AvgIpc) is 2.98. The fraction of sp³-hybridized carbons (Fsp3) is 0.273. The molecule has 0 fully saturated rings. The van der Waals surface area contributed by atoms with E-state index in [4.69, 9.17) is 11.6 Å². The van der Waals surface area contributed by atoms with Crippen molar-refractivity contribution in [2.24, 2.45) is 7.05 Å². The highest BCUT2D eigenvalue weighted by molar-refractivity contribution is 7.16. The summed E-state index contributed by atoms with van der Waals surface area (Å²) in [4.78, 5) is 13.4. The van der Waals surface area contributed by atoms with Crippen molar-refractivity contribution >= 4 is 39.0 Å². The lowest BCUT2D eigenvalue weighted by molar-refractivity contribution is 0.742. The smallest absolute Gasteiger partial charge is 0.225 e. The van der Waals surface area contributed by atoms with E-state index in [1.807, 2.05) is 18.5 Å². The lowest BCUT2D eigenvalue weighted by atomic mass is 10.3. The van der Waals surface area contributed by atoms with E-state index in [-0.39, 0.29) is 5.28 Å². The summed E-state index contributed by atoms with van der Waals surface area (Å²) >= 11 is 7.44. The number of aryl methyl sites for hydroxylation is 1. The zero-order valence-corrected chi connectivity index (χ0v) is 11.7. The molecular formula is C11H11ClN6S. The van der Waals surface area contributed by atoms with Crippen LogP contribution in [0.3, 0.4) is 0 Å². The van der Waals surface area contributed by atoms with Gasteiger partial charge >= 0.3 is 0 Å². The van der Waals surface area contributed by atoms with Crippen molar-refractivity contribution in [2.45, 2.75) is 6.42 Å². The predicted octanol–water partition coefficient (Wildman–Crippen LogP) is 2.13. The molecule has 0 amide bonds. The average molecular weight is 295 g/mol. The van der Waals surface area contributed by atoms with E-state index in [0.717, 1.165) is 28.3 Å². The molecule has 3 rings (SSSR count). The molecule has 98 valence electrons. The number of aromatic nitrogens is 5. The molecule has 1 N–H and O–H groups in total. The van der Waals surface area contributed by atoms with Crippen molar-refractivity contribution in [1.82, 2.24) is 24.7 Å². The van der Waals surface area contributed by atoms with Gasteiger partial charge in [0.25, 0.3) is 0 Å². The molecule has 8 heteroatoms. The summed E-state index contributed by atoms with van der Waals surface area (Å²) in [5.41, 5.74) is 0. The van der Waals surface area contributed by atoms with Crippen LogP contribution in [0.4, 0.5) is 5.82 Å². The molecule has 0 bridgehead atoms. The summed E-state index contributed by atoms with van der Waals surface area (Å²) in [5.74, 6) is 1.56. The summed E-state index contributed by atoms with van der Waals surface area (Å²) in [6.07, 6.45) is 2.42. The molecule has 0 aliphatic carbocycles. The summed E-state index contributed by atoms with van der Waals surface area (Å²) in [6, 6.07) is 1.98. The number of hydrogen-bond donors (Lipinski definition) is 1. The van der Waals surface area contributed by atoms with Gasteiger partial charge in [0.2, 0.25) is 5.28 Å². The van der Waals surface area contributed by atoms with Crippen LogP contribution in [0.25, 0.3) is 10.2 Å². The molecule has 0 unspecified atom stereocenters. The van der Waals surface area contributed by atoms with Gasteiger partial charge in [-0.15, -0.1) is 11.3 Å². The molecule has 3 aromatic rings. The van der Waals surface area contributed by atoms with E-state index in [2.05, 4.69) is 25.4 Å². The fourth-order valence-corrected chi connectivity index (χ4v) is 2.74. The summed E-state index contributed by atoms with van der Waals surface area (Å²) in [5, 5.41) is 10.7. The van der Waals surface area contributed by atoms with Gasteiger partial charge < -0.3 is 5.32 Å². The first-order valence-electron chi connectivity index (χ1n) is 5.71. The molecule has 0 atom stereocenters. The number of anilines is 1. The van der Waals surface area contributed by atoms with E-state index in [1.54, 1.807) is 22.3 Å². The molecule has 0 saturated carbocycles. The van der Waals surface area contributed by atoms with E-state index >= 15 is 0 Å². The Kier molecular flexibility index (Phi) is 3.31. The number of hydrogen-bond acceptors (Lipinski definition) is 6. The van der Waals surface area contributed by atoms with Gasteiger partial charge in [-0.25, -0.2) is 15.0 Å². The van der Waals surface area contributed by atoms with Gasteiger partial charge in [-0.2, -0.15) is 5.10 Å². The van der Waals surface area contributed by atoms with Crippen LogP contribution < -0.4 is 5.32 Å². The second-order valence-electron chi connectivity index (χ2n) is 3.99. The van der Waals surface area contributed by atoms with Crippen molar-refractivity contribution < 1.29 is 0 Å². The molecular weight excluding hydrogens is 284 g/mol. The zero-order valence-electron chi connectivity index (χ0n) is 10.2. The minimum Gasteiger partial charge on any atom is -0.369 e. The largest absolute Gasteiger partial charge is 0.369 e. The number of rotatable bonds is 4. The Morgan fingerprint density at radius 2 is 2.32 bits per heavy atom. The number of nitrogens with zero attached hydrogens (tertiary/aromatic N) is 5. The van der Waals surface area contributed by atoms with Crippen LogP contribution in [-0.2, 0) is 13.5 Å². The summed E-state index contributed by atoms with van der Waals surface area (Å²) in [6.45, 7) is 0.697. The highest BCUT2D eigenvalue weighted by Gasteiger charge is 2.07. The lowest BCUT2D eigenvalue weighted by Gasteiger charge is -2.05. The monoisotopic (exact) mass is 294 g/mol. The van der Waals surface area contributed by atoms with Crippen molar-refractivity contribution in [3.8, 4) is 0 Å². The molecule has 0 spiro atoms. The highest BCUT2D eigenvalue weighted by Crippen LogP contribution is 2.26. The van der Waals surface area contributed by atoms with Crippen molar-refractivity contribution in [2.75, 3.05) is 11.9 Å². The van der Waals surface area contributed by atoms with Gasteiger partial charge in [0.1, 0.15) is 17.0 Å². The van der Waals surface area contributed by atoms with Gasteiger partial charge in [0.15, 0.2) is 5.82 Å². The molecule has 0 radical (unpaired) electrons. The molecule has 0 aliphatic heterocycles. The third-order valence-corrected chi connectivity index (χ3v) is 3.56. The van der Waals surface area contributed by atoms with E-state index in [1.165, 1.54) is 0 Å². The Morgan fingerprint density at radius 3 is 3.11 bits per heavy atom. The van der Waals surface area contributed by atoms with Crippen LogP contribution in [0.15, 0.2) is 17.8 Å². The SMILES string of the molecule is Cn1cnc(CCNc2nc(Cl)nc3sccc23)n1. The van der Waals surface area contributed by atoms with Crippen LogP contribution in [0.2, 0.25) is 5.28 Å². The maximum atomic E-state index is 5.90. The minimum absolute atomic E-state index is 0.258. The van der Waals surface area contributed by atoms with Crippen molar-refractivity contribution in [3.63, 3.8) is 0 Å². The van der Waals surface area contributed by atoms with Crippen molar-refractivity contribution in [1.29, 1.82) is 0 Å². The zero-order chi connectivity index (χ0) is 13.2. The number of fused-ring (bicyclic) bond motifs is 1. The summed E-state index contributed by atoms with van der Waals surface area (Å²) in [7, 11) is 1.85. The molecule has 6 nitrogen and oxygen atoms in total. The van der Waals surface area contributed by atoms with Crippen LogP contribution in [-0.4, -0.2) is 31.3 Å². The number of halogens is 1. The third kappa shape index (κ3) is 2.66. The normalized spacial score (nSPS) is 11.1. The molecule has 0 saturated heterocycles. The topological polar surface area (TPSA) is 68.5 Å². The molecule has 3 aromatic heterocycles. The minimum atomic E-state index is 0.258. The molecule has 0 aliphatic rings. The van der Waals surface area contributed by atoms with Gasteiger partial charge in [-0.1, -0.05) is 0 Å². The Labute approximate surface area is 118 Å². The number of nitrogens with one attached hydrogen (secondary N) is 1. The Balaban J connectivity index is 1.73. The second-order valence-corrected chi connectivity index (χ2v) is 5.22. The molecule has 19 heavy (non-hydrogen) atoms. The Morgan fingerprint density at radius 1 is 1.42 bits per heavy atom. The predicted molar refractivity (Wildman–Crippen MR) is 75.6 cm³/mol. The van der Waals surface area contributed by atoms with E-state index in [9.17, 15) is 0 Å². The van der Waals surface area contributed by atoms with Gasteiger partial charge in [0.05, 0.1) is 5.39 Å². The van der Waals surface area contributed by atoms with Crippen LogP contribution in [0.5, 0.6) is 0 Å². The fourth-order valence-electron chi connectivity index (χ4n) is 1.76. The quantitative estimate of drug-likeness (QED) is 0.747. The second kappa shape index (κ2) is 5.10. The first-order chi connectivity index (χ1) is 9.22. The maximum Gasteiger partial charge on any atom is 0.225 e. The maximum absolute atomic E-state index is 5.90. The Hall–Kier alpha value is -1.73. The first kappa shape index (κ1) is 12.3. The standard InChI is InChI=1S/C11H11ClN6S/c1-18-6-14-8(17-18)2-4-13-9-7-3-5-19-10(7)16-11(12)15-9/h3,5-6H,2,4H2,1H3,(H,13,15,16). The Bertz CT molecular complexity index is 706. The van der Waals surface area contributed by atoms with Crippen LogP contribution in [0, 0.1) is 0 Å². The highest BCUT2D eigenvalue weighted by atomic mass is 35.5. The summed E-state index contributed by atoms with van der Waals surface area (Å²) < 4.78 is 1.69. The third-order valence-electron chi connectivity index (χ3n) is 2.59. The number of thiophene rings is 1. The van der Waals surface area contributed by atoms with E-state index in [0.29, 0.717) is 6.54 Å². The van der Waals surface area contributed by atoms with E-state index < -0.39 is 0 Å². The van der Waals surface area contributed by atoms with Gasteiger partial charge in [0, 0.05) is 20.0 Å². The van der Waals surface area contributed by atoms with Crippen LogP contribution in [0.1, 0.15) is 5.82 Å². The molecule has 0 aromatic carbocycles. The van der Waals surface area contributed by atoms with Crippen molar-refractivity contribution in [3.05, 3.63) is 28.9 Å². The van der Waals surface area contributed by atoms with Gasteiger partial charge in [-0.3, -0.25) is 4.68 Å². The van der Waals surface area contributed by atoms with Crippen LogP contribution >= 0.6 is 22.9 Å².